The first kappa shape index (κ1) is 17.5. The van der Waals surface area contributed by atoms with Gasteiger partial charge >= 0.3 is 6.18 Å². The molecule has 24 heavy (non-hydrogen) atoms. The van der Waals surface area contributed by atoms with Crippen LogP contribution < -0.4 is 5.32 Å². The van der Waals surface area contributed by atoms with Gasteiger partial charge in [0.1, 0.15) is 0 Å². The summed E-state index contributed by atoms with van der Waals surface area (Å²) < 4.78 is 40.0. The monoisotopic (exact) mass is 338 g/mol. The number of halogens is 3. The van der Waals surface area contributed by atoms with Gasteiger partial charge in [0.15, 0.2) is 6.10 Å². The van der Waals surface area contributed by atoms with E-state index < -0.39 is 29.3 Å². The Bertz CT molecular complexity index is 793. The molecule has 0 unspecified atom stereocenters. The van der Waals surface area contributed by atoms with E-state index in [4.69, 9.17) is 5.26 Å². The molecule has 0 aliphatic carbocycles. The van der Waals surface area contributed by atoms with Crippen molar-refractivity contribution in [2.75, 3.05) is 5.32 Å². The Kier molecular flexibility index (Phi) is 4.90. The SMILES string of the molecule is Cc1cnn(C[C@H](O)C(=O)Nc2ccc(C#N)c(C(F)(F)F)c2)c1. The number of nitrogens with zero attached hydrogens (tertiary/aromatic N) is 3. The van der Waals surface area contributed by atoms with Crippen molar-refractivity contribution in [1.82, 2.24) is 9.78 Å². The van der Waals surface area contributed by atoms with Crippen LogP contribution in [0.2, 0.25) is 0 Å². The van der Waals surface area contributed by atoms with E-state index in [-0.39, 0.29) is 12.2 Å². The number of hydrogen-bond acceptors (Lipinski definition) is 4. The number of nitriles is 1. The second-order valence-electron chi connectivity index (χ2n) is 5.11. The molecule has 2 rings (SSSR count). The van der Waals surface area contributed by atoms with Gasteiger partial charge in [0.25, 0.3) is 5.91 Å². The number of aromatic nitrogens is 2. The lowest BCUT2D eigenvalue weighted by Gasteiger charge is -2.14. The molecular formula is C15H13F3N4O2. The Morgan fingerprint density at radius 1 is 1.50 bits per heavy atom. The zero-order valence-corrected chi connectivity index (χ0v) is 12.5. The minimum absolute atomic E-state index is 0.137. The van der Waals surface area contributed by atoms with Gasteiger partial charge in [-0.2, -0.15) is 23.5 Å². The van der Waals surface area contributed by atoms with Crippen molar-refractivity contribution in [3.05, 3.63) is 47.3 Å². The lowest BCUT2D eigenvalue weighted by atomic mass is 10.1. The van der Waals surface area contributed by atoms with E-state index in [1.165, 1.54) is 10.8 Å². The normalized spacial score (nSPS) is 12.5. The van der Waals surface area contributed by atoms with Gasteiger partial charge in [-0.15, -0.1) is 0 Å². The molecule has 0 fully saturated rings. The molecule has 0 saturated heterocycles. The van der Waals surface area contributed by atoms with Crippen molar-refractivity contribution in [3.8, 4) is 6.07 Å². The Balaban J connectivity index is 2.12. The van der Waals surface area contributed by atoms with Crippen LogP contribution in [0, 0.1) is 18.3 Å². The first-order valence-corrected chi connectivity index (χ1v) is 6.80. The molecule has 126 valence electrons. The van der Waals surface area contributed by atoms with Crippen LogP contribution in [0.4, 0.5) is 18.9 Å². The third-order valence-corrected chi connectivity index (χ3v) is 3.14. The first-order chi connectivity index (χ1) is 11.2. The second-order valence-corrected chi connectivity index (χ2v) is 5.11. The van der Waals surface area contributed by atoms with Gasteiger partial charge in [-0.1, -0.05) is 0 Å². The summed E-state index contributed by atoms with van der Waals surface area (Å²) in [4.78, 5) is 11.9. The van der Waals surface area contributed by atoms with Gasteiger partial charge in [-0.3, -0.25) is 9.48 Å². The smallest absolute Gasteiger partial charge is 0.381 e. The van der Waals surface area contributed by atoms with Crippen molar-refractivity contribution in [2.24, 2.45) is 0 Å². The fourth-order valence-corrected chi connectivity index (χ4v) is 2.01. The van der Waals surface area contributed by atoms with Crippen molar-refractivity contribution in [2.45, 2.75) is 25.7 Å². The number of benzene rings is 1. The Morgan fingerprint density at radius 2 is 2.21 bits per heavy atom. The largest absolute Gasteiger partial charge is 0.417 e. The number of amides is 1. The molecule has 0 aliphatic rings. The Morgan fingerprint density at radius 3 is 2.75 bits per heavy atom. The highest BCUT2D eigenvalue weighted by Crippen LogP contribution is 2.33. The van der Waals surface area contributed by atoms with E-state index >= 15 is 0 Å². The number of nitrogens with one attached hydrogen (secondary N) is 1. The molecule has 0 aliphatic heterocycles. The van der Waals surface area contributed by atoms with E-state index in [0.29, 0.717) is 6.07 Å². The van der Waals surface area contributed by atoms with Crippen molar-refractivity contribution >= 4 is 11.6 Å². The molecule has 1 aromatic carbocycles. The highest BCUT2D eigenvalue weighted by atomic mass is 19.4. The van der Waals surface area contributed by atoms with Gasteiger partial charge < -0.3 is 10.4 Å². The minimum atomic E-state index is -4.73. The maximum absolute atomic E-state index is 12.9. The van der Waals surface area contributed by atoms with Crippen molar-refractivity contribution in [1.29, 1.82) is 5.26 Å². The molecule has 2 aromatic rings. The average Bonchev–Trinajstić information content (AvgIpc) is 2.91. The van der Waals surface area contributed by atoms with Gasteiger partial charge in [0.05, 0.1) is 29.9 Å². The van der Waals surface area contributed by atoms with E-state index in [2.05, 4.69) is 10.4 Å². The molecule has 2 N–H and O–H groups in total. The third-order valence-electron chi connectivity index (χ3n) is 3.14. The molecular weight excluding hydrogens is 325 g/mol. The topological polar surface area (TPSA) is 90.9 Å². The Hall–Kier alpha value is -2.86. The van der Waals surface area contributed by atoms with Crippen molar-refractivity contribution in [3.63, 3.8) is 0 Å². The zero-order chi connectivity index (χ0) is 17.9. The van der Waals surface area contributed by atoms with Crippen LogP contribution in [0.3, 0.4) is 0 Å². The summed E-state index contributed by atoms with van der Waals surface area (Å²) in [6.45, 7) is 1.65. The van der Waals surface area contributed by atoms with Gasteiger partial charge in [-0.05, 0) is 30.7 Å². The predicted octanol–water partition coefficient (Wildman–Crippen LogP) is 2.08. The summed E-state index contributed by atoms with van der Waals surface area (Å²) in [6, 6.07) is 4.22. The zero-order valence-electron chi connectivity index (χ0n) is 12.5. The highest BCUT2D eigenvalue weighted by Gasteiger charge is 2.34. The average molecular weight is 338 g/mol. The number of carbonyl (C=O) groups excluding carboxylic acids is 1. The molecule has 1 heterocycles. The molecule has 0 saturated carbocycles. The maximum atomic E-state index is 12.9. The molecule has 9 heteroatoms. The van der Waals surface area contributed by atoms with Crippen LogP contribution in [-0.4, -0.2) is 26.9 Å². The summed E-state index contributed by atoms with van der Waals surface area (Å²) in [5.74, 6) is -0.874. The van der Waals surface area contributed by atoms with Gasteiger partial charge in [0.2, 0.25) is 0 Å². The van der Waals surface area contributed by atoms with Crippen LogP contribution >= 0.6 is 0 Å². The molecule has 0 bridgehead atoms. The summed E-state index contributed by atoms with van der Waals surface area (Å²) in [5.41, 5.74) is -1.03. The lowest BCUT2D eigenvalue weighted by molar-refractivity contribution is -0.137. The van der Waals surface area contributed by atoms with Crippen LogP contribution in [0.1, 0.15) is 16.7 Å². The maximum Gasteiger partial charge on any atom is 0.417 e. The number of aliphatic hydroxyl groups excluding tert-OH is 1. The highest BCUT2D eigenvalue weighted by molar-refractivity contribution is 5.94. The number of aliphatic hydroxyl groups is 1. The summed E-state index contributed by atoms with van der Waals surface area (Å²) >= 11 is 0. The first-order valence-electron chi connectivity index (χ1n) is 6.80. The second kappa shape index (κ2) is 6.72. The van der Waals surface area contributed by atoms with Crippen LogP contribution in [0.15, 0.2) is 30.6 Å². The Labute approximate surface area is 135 Å². The minimum Gasteiger partial charge on any atom is -0.381 e. The van der Waals surface area contributed by atoms with Crippen LogP contribution in [0.5, 0.6) is 0 Å². The van der Waals surface area contributed by atoms with Crippen LogP contribution in [-0.2, 0) is 17.5 Å². The molecule has 0 radical (unpaired) electrons. The summed E-state index contributed by atoms with van der Waals surface area (Å²) in [5, 5.41) is 24.6. The number of aryl methyl sites for hydroxylation is 1. The van der Waals surface area contributed by atoms with Crippen molar-refractivity contribution < 1.29 is 23.1 Å². The fourth-order valence-electron chi connectivity index (χ4n) is 2.01. The quantitative estimate of drug-likeness (QED) is 0.893. The fraction of sp³-hybridized carbons (Fsp3) is 0.267. The predicted molar refractivity (Wildman–Crippen MR) is 77.8 cm³/mol. The standard InChI is InChI=1S/C15H13F3N4O2/c1-9-6-20-22(7-9)8-13(23)14(24)21-11-3-2-10(5-19)12(4-11)15(16,17)18/h2-4,6-7,13,23H,8H2,1H3,(H,21,24)/t13-/m0/s1. The lowest BCUT2D eigenvalue weighted by Crippen LogP contribution is -2.31. The molecule has 6 nitrogen and oxygen atoms in total. The number of alkyl halides is 3. The third kappa shape index (κ3) is 4.11. The molecule has 1 aromatic heterocycles. The molecule has 1 amide bonds. The van der Waals surface area contributed by atoms with E-state index in [9.17, 15) is 23.1 Å². The van der Waals surface area contributed by atoms with E-state index in [1.807, 2.05) is 0 Å². The van der Waals surface area contributed by atoms with E-state index in [1.54, 1.807) is 19.3 Å². The number of anilines is 1. The number of carbonyl (C=O) groups is 1. The molecule has 0 spiro atoms. The number of rotatable bonds is 4. The molecule has 1 atom stereocenters. The van der Waals surface area contributed by atoms with Crippen LogP contribution in [0.25, 0.3) is 0 Å². The number of hydrogen-bond donors (Lipinski definition) is 2. The van der Waals surface area contributed by atoms with Gasteiger partial charge in [-0.25, -0.2) is 0 Å². The van der Waals surface area contributed by atoms with Gasteiger partial charge in [0, 0.05) is 11.9 Å². The summed E-state index contributed by atoms with van der Waals surface area (Å²) in [7, 11) is 0. The summed E-state index contributed by atoms with van der Waals surface area (Å²) in [6.07, 6.45) is -3.06. The van der Waals surface area contributed by atoms with E-state index in [0.717, 1.165) is 17.7 Å².